The van der Waals surface area contributed by atoms with Gasteiger partial charge in [-0.25, -0.2) is 0 Å². The van der Waals surface area contributed by atoms with E-state index >= 15 is 0 Å². The summed E-state index contributed by atoms with van der Waals surface area (Å²) in [6.45, 7) is 5.43. The Kier molecular flexibility index (Phi) is 3.86. The largest absolute Gasteiger partial charge is 0.393 e. The normalized spacial score (nSPS) is 56.4. The number of rotatable bonds is 0. The molecule has 0 radical (unpaired) electrons. The molecule has 0 bridgehead atoms. The molecule has 4 aliphatic carbocycles. The topological polar surface area (TPSA) is 74.2 Å². The van der Waals surface area contributed by atoms with Crippen molar-refractivity contribution in [2.24, 2.45) is 28.6 Å². The van der Waals surface area contributed by atoms with Crippen LogP contribution in [0.15, 0.2) is 11.6 Å². The van der Waals surface area contributed by atoms with Crippen LogP contribution in [-0.2, 0) is 23.7 Å². The Bertz CT molecular complexity index is 766. The minimum absolute atomic E-state index is 0.0645. The summed E-state index contributed by atoms with van der Waals surface area (Å²) >= 11 is 0. The van der Waals surface area contributed by atoms with Crippen LogP contribution in [0, 0.1) is 28.6 Å². The highest BCUT2D eigenvalue weighted by Gasteiger charge is 2.76. The van der Waals surface area contributed by atoms with Gasteiger partial charge >= 0.3 is 0 Å². The van der Waals surface area contributed by atoms with E-state index in [1.165, 1.54) is 5.57 Å². The molecule has 160 valence electrons. The van der Waals surface area contributed by atoms with Gasteiger partial charge in [-0.2, -0.15) is 0 Å². The minimum Gasteiger partial charge on any atom is -0.393 e. The van der Waals surface area contributed by atoms with E-state index in [1.807, 2.05) is 0 Å². The first-order valence-corrected chi connectivity index (χ1v) is 11.2. The maximum Gasteiger partial charge on any atom is 0.226 e. The Morgan fingerprint density at radius 2 is 1.97 bits per heavy atom. The summed E-state index contributed by atoms with van der Waals surface area (Å²) in [7, 11) is 0. The fourth-order valence-corrected chi connectivity index (χ4v) is 8.58. The average Bonchev–Trinajstić information content (AvgIpc) is 3.37. The average molecular weight is 405 g/mol. The molecule has 0 amide bonds. The minimum atomic E-state index is -0.847. The summed E-state index contributed by atoms with van der Waals surface area (Å²) in [6, 6.07) is 0. The Morgan fingerprint density at radius 1 is 1.14 bits per heavy atom. The van der Waals surface area contributed by atoms with Gasteiger partial charge in [0.2, 0.25) is 5.79 Å². The number of Topliss-reactive ketones (excluding diaryl/α,β-unsaturated/α-hetero) is 1. The second kappa shape index (κ2) is 5.92. The standard InChI is InChI=1S/C23H32O6/c1-20-7-5-15(24)9-14(20)3-4-16-17-6-8-22(21(17,2)10-18(25)19(16)20)23(29-13-27-22)11-26-12-28-23/h3,16-19,25H,4-13H2,1-2H3/t16-,17-,18-,19+,20-,21-,22+,23?/m0/s1. The number of aliphatic hydroxyl groups is 1. The van der Waals surface area contributed by atoms with Gasteiger partial charge in [-0.05, 0) is 55.3 Å². The van der Waals surface area contributed by atoms with Crippen LogP contribution in [0.2, 0.25) is 0 Å². The molecule has 0 aromatic carbocycles. The summed E-state index contributed by atoms with van der Waals surface area (Å²) < 4.78 is 24.1. The summed E-state index contributed by atoms with van der Waals surface area (Å²) in [5.41, 5.74) is 0.407. The third-order valence-electron chi connectivity index (χ3n) is 9.87. The zero-order valence-corrected chi connectivity index (χ0v) is 17.4. The van der Waals surface area contributed by atoms with Crippen molar-refractivity contribution in [2.75, 3.05) is 20.2 Å². The van der Waals surface area contributed by atoms with Crippen molar-refractivity contribution < 1.29 is 28.8 Å². The monoisotopic (exact) mass is 404 g/mol. The number of fused-ring (bicyclic) bond motifs is 7. The Labute approximate surface area is 171 Å². The van der Waals surface area contributed by atoms with Crippen LogP contribution in [0.1, 0.15) is 58.8 Å². The third kappa shape index (κ3) is 2.13. The van der Waals surface area contributed by atoms with E-state index in [0.717, 1.165) is 25.7 Å². The molecular formula is C23H32O6. The van der Waals surface area contributed by atoms with Crippen LogP contribution in [-0.4, -0.2) is 48.6 Å². The number of aliphatic hydroxyl groups excluding tert-OH is 1. The lowest BCUT2D eigenvalue weighted by atomic mass is 9.45. The number of hydrogen-bond acceptors (Lipinski definition) is 6. The molecular weight excluding hydrogens is 372 g/mol. The van der Waals surface area contributed by atoms with Crippen LogP contribution >= 0.6 is 0 Å². The third-order valence-corrected chi connectivity index (χ3v) is 9.87. The molecule has 0 aromatic heterocycles. The van der Waals surface area contributed by atoms with Crippen LogP contribution < -0.4 is 0 Å². The van der Waals surface area contributed by atoms with E-state index < -0.39 is 17.5 Å². The SMILES string of the molecule is C[C@]12CCC(=O)CC1=CC[C@@H]1[C@@H]2[C@@H](O)C[C@@]2(C)[C@H]1CC[C@@]21OCOC12COCO2. The molecule has 2 heterocycles. The lowest BCUT2D eigenvalue weighted by molar-refractivity contribution is -0.256. The maximum absolute atomic E-state index is 12.1. The lowest BCUT2D eigenvalue weighted by Gasteiger charge is -2.61. The molecule has 6 rings (SSSR count). The quantitative estimate of drug-likeness (QED) is 0.626. The number of hydrogen-bond donors (Lipinski definition) is 1. The fraction of sp³-hybridized carbons (Fsp3) is 0.870. The summed E-state index contributed by atoms with van der Waals surface area (Å²) in [5, 5.41) is 11.6. The van der Waals surface area contributed by atoms with Gasteiger partial charge in [-0.15, -0.1) is 0 Å². The molecule has 0 aromatic rings. The molecule has 6 aliphatic rings. The number of ketones is 1. The fourth-order valence-electron chi connectivity index (χ4n) is 8.58. The second-order valence-corrected chi connectivity index (χ2v) is 10.7. The molecule has 3 saturated carbocycles. The zero-order chi connectivity index (χ0) is 20.1. The van der Waals surface area contributed by atoms with E-state index in [1.54, 1.807) is 0 Å². The Hall–Kier alpha value is -0.790. The van der Waals surface area contributed by atoms with Gasteiger partial charge in [0.05, 0.1) is 6.10 Å². The summed E-state index contributed by atoms with van der Waals surface area (Å²) in [5.74, 6) is 0.543. The van der Waals surface area contributed by atoms with Gasteiger partial charge in [0.15, 0.2) is 13.6 Å². The number of carbonyl (C=O) groups is 1. The summed E-state index contributed by atoms with van der Waals surface area (Å²) in [6.07, 6.45) is 7.55. The van der Waals surface area contributed by atoms with Crippen molar-refractivity contribution in [3.63, 3.8) is 0 Å². The Balaban J connectivity index is 1.41. The maximum atomic E-state index is 12.1. The smallest absolute Gasteiger partial charge is 0.226 e. The molecule has 6 nitrogen and oxygen atoms in total. The van der Waals surface area contributed by atoms with Crippen molar-refractivity contribution in [1.29, 1.82) is 0 Å². The molecule has 2 aliphatic heterocycles. The second-order valence-electron chi connectivity index (χ2n) is 10.7. The van der Waals surface area contributed by atoms with Crippen molar-refractivity contribution in [1.82, 2.24) is 0 Å². The van der Waals surface area contributed by atoms with Crippen LogP contribution in [0.5, 0.6) is 0 Å². The van der Waals surface area contributed by atoms with Crippen LogP contribution in [0.25, 0.3) is 0 Å². The van der Waals surface area contributed by atoms with E-state index in [2.05, 4.69) is 19.9 Å². The van der Waals surface area contributed by atoms with Gasteiger partial charge < -0.3 is 24.1 Å². The van der Waals surface area contributed by atoms with Gasteiger partial charge in [-0.1, -0.05) is 25.5 Å². The first kappa shape index (κ1) is 18.9. The van der Waals surface area contributed by atoms with Gasteiger partial charge in [0.1, 0.15) is 18.0 Å². The van der Waals surface area contributed by atoms with Crippen LogP contribution in [0.3, 0.4) is 0 Å². The molecule has 2 saturated heterocycles. The van der Waals surface area contributed by atoms with Crippen molar-refractivity contribution in [3.8, 4) is 0 Å². The predicted octanol–water partition coefficient (Wildman–Crippen LogP) is 2.93. The first-order chi connectivity index (χ1) is 13.9. The van der Waals surface area contributed by atoms with Crippen molar-refractivity contribution in [2.45, 2.75) is 76.3 Å². The number of carbonyl (C=O) groups excluding carboxylic acids is 1. The van der Waals surface area contributed by atoms with E-state index in [9.17, 15) is 9.90 Å². The Morgan fingerprint density at radius 3 is 2.76 bits per heavy atom. The molecule has 29 heavy (non-hydrogen) atoms. The molecule has 8 atom stereocenters. The molecule has 2 spiro atoms. The highest BCUT2D eigenvalue weighted by Crippen LogP contribution is 2.71. The number of ether oxygens (including phenoxy) is 4. The zero-order valence-electron chi connectivity index (χ0n) is 17.4. The van der Waals surface area contributed by atoms with Crippen molar-refractivity contribution in [3.05, 3.63) is 11.6 Å². The van der Waals surface area contributed by atoms with Crippen LogP contribution in [0.4, 0.5) is 0 Å². The highest BCUT2D eigenvalue weighted by atomic mass is 16.9. The predicted molar refractivity (Wildman–Crippen MR) is 103 cm³/mol. The summed E-state index contributed by atoms with van der Waals surface area (Å²) in [4.78, 5) is 12.1. The van der Waals surface area contributed by atoms with Gasteiger partial charge in [-0.3, -0.25) is 4.79 Å². The number of allylic oxidation sites excluding steroid dienone is 2. The molecule has 5 fully saturated rings. The first-order valence-electron chi connectivity index (χ1n) is 11.2. The van der Waals surface area contributed by atoms with Gasteiger partial charge in [0.25, 0.3) is 0 Å². The highest BCUT2D eigenvalue weighted by molar-refractivity contribution is 5.82. The van der Waals surface area contributed by atoms with Crippen molar-refractivity contribution >= 4 is 5.78 Å². The molecule has 6 heteroatoms. The molecule has 1 unspecified atom stereocenters. The van der Waals surface area contributed by atoms with Gasteiger partial charge in [0, 0.05) is 18.3 Å². The lowest BCUT2D eigenvalue weighted by Crippen LogP contribution is -2.66. The van der Waals surface area contributed by atoms with E-state index in [-0.39, 0.29) is 30.3 Å². The van der Waals surface area contributed by atoms with E-state index in [0.29, 0.717) is 43.5 Å². The van der Waals surface area contributed by atoms with E-state index in [4.69, 9.17) is 18.9 Å². The molecule has 1 N–H and O–H groups in total.